The van der Waals surface area contributed by atoms with Gasteiger partial charge in [-0.25, -0.2) is 4.79 Å². The zero-order chi connectivity index (χ0) is 14.5. The maximum Gasteiger partial charge on any atom is 0.315 e. The number of rotatable bonds is 4. The van der Waals surface area contributed by atoms with Gasteiger partial charge in [0.15, 0.2) is 5.76 Å². The van der Waals surface area contributed by atoms with Crippen LogP contribution in [-0.4, -0.2) is 28.4 Å². The molecule has 112 valence electrons. The maximum atomic E-state index is 11.8. The molecule has 1 aliphatic rings. The Labute approximate surface area is 118 Å². The van der Waals surface area contributed by atoms with Gasteiger partial charge in [-0.2, -0.15) is 0 Å². The lowest BCUT2D eigenvalue weighted by Gasteiger charge is -2.28. The first-order chi connectivity index (χ1) is 9.56. The van der Waals surface area contributed by atoms with Crippen LogP contribution >= 0.6 is 0 Å². The number of carbonyl (C=O) groups is 1. The molecule has 1 fully saturated rings. The van der Waals surface area contributed by atoms with Crippen LogP contribution in [0, 0.1) is 0 Å². The van der Waals surface area contributed by atoms with Gasteiger partial charge in [-0.3, -0.25) is 0 Å². The van der Waals surface area contributed by atoms with Crippen LogP contribution in [0.3, 0.4) is 0 Å². The second kappa shape index (κ2) is 6.74. The molecule has 0 bridgehead atoms. The number of aliphatic hydroxyl groups excluding tert-OH is 1. The molecular formula is C14H23N3O3. The first-order valence-electron chi connectivity index (χ1n) is 7.24. The highest BCUT2D eigenvalue weighted by Crippen LogP contribution is 2.18. The number of amides is 2. The number of nitrogens with one attached hydrogen (secondary N) is 2. The Hall–Kier alpha value is -1.56. The van der Waals surface area contributed by atoms with E-state index in [1.165, 1.54) is 0 Å². The molecule has 2 amide bonds. The Kier molecular flexibility index (Phi) is 5.00. The quantitative estimate of drug-likeness (QED) is 0.786. The third-order valence-electron chi connectivity index (χ3n) is 3.64. The van der Waals surface area contributed by atoms with Crippen LogP contribution < -0.4 is 10.6 Å². The lowest BCUT2D eigenvalue weighted by atomic mass is 9.93. The summed E-state index contributed by atoms with van der Waals surface area (Å²) in [5, 5.41) is 19.3. The van der Waals surface area contributed by atoms with Crippen LogP contribution in [0.2, 0.25) is 0 Å². The molecule has 6 nitrogen and oxygen atoms in total. The third kappa shape index (κ3) is 3.96. The number of carbonyl (C=O) groups excluding carboxylic acids is 1. The number of hydrogen-bond acceptors (Lipinski definition) is 4. The molecule has 0 spiro atoms. The van der Waals surface area contributed by atoms with Crippen molar-refractivity contribution < 1.29 is 14.4 Å². The van der Waals surface area contributed by atoms with E-state index in [2.05, 4.69) is 15.8 Å². The molecule has 0 aliphatic heterocycles. The fraction of sp³-hybridized carbons (Fsp3) is 0.714. The summed E-state index contributed by atoms with van der Waals surface area (Å²) in [4.78, 5) is 11.8. The molecule has 0 aromatic carbocycles. The summed E-state index contributed by atoms with van der Waals surface area (Å²) >= 11 is 0. The topological polar surface area (TPSA) is 87.4 Å². The summed E-state index contributed by atoms with van der Waals surface area (Å²) in [5.74, 6) is 0.937. The third-order valence-corrected chi connectivity index (χ3v) is 3.64. The number of hydrogen-bond donors (Lipinski definition) is 3. The first kappa shape index (κ1) is 14.8. The van der Waals surface area contributed by atoms with E-state index in [-0.39, 0.29) is 12.1 Å². The molecule has 1 heterocycles. The summed E-state index contributed by atoms with van der Waals surface area (Å²) in [6.45, 7) is 4.37. The lowest BCUT2D eigenvalue weighted by molar-refractivity contribution is 0.0942. The average Bonchev–Trinajstić information content (AvgIpc) is 2.88. The van der Waals surface area contributed by atoms with Crippen molar-refractivity contribution >= 4 is 6.03 Å². The van der Waals surface area contributed by atoms with Crippen molar-refractivity contribution in [2.45, 2.75) is 64.1 Å². The fourth-order valence-electron chi connectivity index (χ4n) is 2.35. The van der Waals surface area contributed by atoms with Gasteiger partial charge in [-0.15, -0.1) is 0 Å². The van der Waals surface area contributed by atoms with Crippen molar-refractivity contribution in [2.24, 2.45) is 0 Å². The summed E-state index contributed by atoms with van der Waals surface area (Å²) < 4.78 is 5.15. The predicted octanol–water partition coefficient (Wildman–Crippen LogP) is 1.90. The smallest absolute Gasteiger partial charge is 0.315 e. The molecule has 2 atom stereocenters. The predicted molar refractivity (Wildman–Crippen MR) is 74.2 cm³/mol. The molecule has 20 heavy (non-hydrogen) atoms. The minimum Gasteiger partial charge on any atom is -0.391 e. The number of aromatic nitrogens is 1. The highest BCUT2D eigenvalue weighted by Gasteiger charge is 2.24. The number of aliphatic hydroxyl groups is 1. The Bertz CT molecular complexity index is 445. The lowest BCUT2D eigenvalue weighted by Crippen LogP contribution is -2.48. The van der Waals surface area contributed by atoms with Gasteiger partial charge >= 0.3 is 6.03 Å². The second-order valence-corrected chi connectivity index (χ2v) is 5.66. The summed E-state index contributed by atoms with van der Waals surface area (Å²) in [7, 11) is 0. The highest BCUT2D eigenvalue weighted by molar-refractivity contribution is 5.74. The Morgan fingerprint density at radius 3 is 2.90 bits per heavy atom. The van der Waals surface area contributed by atoms with E-state index in [1.807, 2.05) is 19.9 Å². The molecule has 0 saturated heterocycles. The maximum absolute atomic E-state index is 11.8. The van der Waals surface area contributed by atoms with E-state index in [0.717, 1.165) is 31.4 Å². The zero-order valence-corrected chi connectivity index (χ0v) is 12.1. The van der Waals surface area contributed by atoms with E-state index in [4.69, 9.17) is 4.52 Å². The highest BCUT2D eigenvalue weighted by atomic mass is 16.5. The number of nitrogens with zero attached hydrogens (tertiary/aromatic N) is 1. The normalized spacial score (nSPS) is 22.8. The van der Waals surface area contributed by atoms with Crippen LogP contribution in [0.25, 0.3) is 0 Å². The van der Waals surface area contributed by atoms with Crippen LogP contribution in [0.15, 0.2) is 10.6 Å². The van der Waals surface area contributed by atoms with E-state index in [0.29, 0.717) is 18.2 Å². The van der Waals surface area contributed by atoms with Gasteiger partial charge in [0, 0.05) is 6.07 Å². The van der Waals surface area contributed by atoms with Crippen molar-refractivity contribution in [3.63, 3.8) is 0 Å². The van der Waals surface area contributed by atoms with Gasteiger partial charge in [0.1, 0.15) is 0 Å². The largest absolute Gasteiger partial charge is 0.391 e. The van der Waals surface area contributed by atoms with E-state index < -0.39 is 6.10 Å². The van der Waals surface area contributed by atoms with E-state index in [1.54, 1.807) is 0 Å². The minimum absolute atomic E-state index is 0.148. The molecular weight excluding hydrogens is 258 g/mol. The summed E-state index contributed by atoms with van der Waals surface area (Å²) in [6, 6.07) is 1.42. The van der Waals surface area contributed by atoms with E-state index >= 15 is 0 Å². The molecule has 6 heteroatoms. The molecule has 1 aromatic heterocycles. The zero-order valence-electron chi connectivity index (χ0n) is 12.1. The molecule has 0 radical (unpaired) electrons. The van der Waals surface area contributed by atoms with Gasteiger partial charge in [0.05, 0.1) is 24.4 Å². The van der Waals surface area contributed by atoms with Gasteiger partial charge in [-0.05, 0) is 18.8 Å². The van der Waals surface area contributed by atoms with Crippen LogP contribution in [0.4, 0.5) is 4.79 Å². The van der Waals surface area contributed by atoms with Gasteiger partial charge in [0.25, 0.3) is 0 Å². The Balaban J connectivity index is 1.76. The van der Waals surface area contributed by atoms with E-state index in [9.17, 15) is 9.90 Å². The summed E-state index contributed by atoms with van der Waals surface area (Å²) in [5.41, 5.74) is 0.880. The van der Waals surface area contributed by atoms with Crippen LogP contribution in [0.1, 0.15) is 56.9 Å². The fourth-order valence-corrected chi connectivity index (χ4v) is 2.35. The Morgan fingerprint density at radius 2 is 2.25 bits per heavy atom. The van der Waals surface area contributed by atoms with Crippen molar-refractivity contribution in [3.05, 3.63) is 17.5 Å². The molecule has 3 N–H and O–H groups in total. The van der Waals surface area contributed by atoms with Gasteiger partial charge in [-0.1, -0.05) is 31.8 Å². The minimum atomic E-state index is -0.438. The van der Waals surface area contributed by atoms with Crippen LogP contribution in [-0.2, 0) is 6.54 Å². The molecule has 2 unspecified atom stereocenters. The standard InChI is InChI=1S/C14H23N3O3/c1-9(2)12-7-10(20-17-12)8-15-14(19)16-11-5-3-4-6-13(11)18/h7,9,11,13,18H,3-6,8H2,1-2H3,(H2,15,16,19). The van der Waals surface area contributed by atoms with Crippen LogP contribution in [0.5, 0.6) is 0 Å². The molecule has 1 aromatic rings. The van der Waals surface area contributed by atoms with Crippen molar-refractivity contribution in [1.29, 1.82) is 0 Å². The van der Waals surface area contributed by atoms with Crippen molar-refractivity contribution in [3.8, 4) is 0 Å². The van der Waals surface area contributed by atoms with Gasteiger partial charge < -0.3 is 20.3 Å². The molecule has 1 saturated carbocycles. The number of urea groups is 1. The van der Waals surface area contributed by atoms with Crippen molar-refractivity contribution in [1.82, 2.24) is 15.8 Å². The van der Waals surface area contributed by atoms with Gasteiger partial charge in [0.2, 0.25) is 0 Å². The van der Waals surface area contributed by atoms with Crippen molar-refractivity contribution in [2.75, 3.05) is 0 Å². The monoisotopic (exact) mass is 281 g/mol. The average molecular weight is 281 g/mol. The first-order valence-corrected chi connectivity index (χ1v) is 7.24. The SMILES string of the molecule is CC(C)c1cc(CNC(=O)NC2CCCCC2O)on1. The summed E-state index contributed by atoms with van der Waals surface area (Å²) in [6.07, 6.45) is 3.21. The second-order valence-electron chi connectivity index (χ2n) is 5.66. The molecule has 2 rings (SSSR count). The molecule has 1 aliphatic carbocycles. The Morgan fingerprint density at radius 1 is 1.50 bits per heavy atom.